The number of carbonyl (C=O) groups excluding carboxylic acids is 3. The highest BCUT2D eigenvalue weighted by Gasteiger charge is 2.35. The monoisotopic (exact) mass is 441 g/mol. The first kappa shape index (κ1) is 21.0. The van der Waals surface area contributed by atoms with Gasteiger partial charge in [0.2, 0.25) is 0 Å². The van der Waals surface area contributed by atoms with E-state index in [1.165, 1.54) is 6.26 Å². The average molecular weight is 441 g/mol. The van der Waals surface area contributed by atoms with Crippen LogP contribution in [0.2, 0.25) is 0 Å². The Morgan fingerprint density at radius 2 is 1.94 bits per heavy atom. The van der Waals surface area contributed by atoms with Gasteiger partial charge in [0.1, 0.15) is 25.0 Å². The molecule has 2 amide bonds. The first-order valence-electron chi connectivity index (χ1n) is 9.73. The predicted molar refractivity (Wildman–Crippen MR) is 108 cm³/mol. The number of esters is 2. The maximum absolute atomic E-state index is 12.6. The number of oxazole rings is 1. The van der Waals surface area contributed by atoms with E-state index in [0.29, 0.717) is 16.9 Å². The number of carbonyl (C=O) groups is 3. The van der Waals surface area contributed by atoms with Gasteiger partial charge < -0.3 is 28.9 Å². The first-order valence-corrected chi connectivity index (χ1v) is 9.73. The van der Waals surface area contributed by atoms with Gasteiger partial charge in [0.05, 0.1) is 29.7 Å². The van der Waals surface area contributed by atoms with Gasteiger partial charge in [-0.15, -0.1) is 0 Å². The third-order valence-electron chi connectivity index (χ3n) is 4.72. The number of hydrogen-bond donors (Lipinski definition) is 2. The van der Waals surface area contributed by atoms with Crippen molar-refractivity contribution in [1.82, 2.24) is 15.2 Å². The number of para-hydroxylation sites is 2. The van der Waals surface area contributed by atoms with E-state index >= 15 is 0 Å². The Bertz CT molecular complexity index is 1250. The Hall–Kier alpha value is -4.28. The lowest BCUT2D eigenvalue weighted by atomic mass is 10.0. The second-order valence-electron chi connectivity index (χ2n) is 6.74. The fourth-order valence-electron chi connectivity index (χ4n) is 3.34. The van der Waals surface area contributed by atoms with Crippen LogP contribution in [-0.2, 0) is 25.6 Å². The minimum absolute atomic E-state index is 0.0418. The number of amides is 2. The molecule has 3 aromatic rings. The third-order valence-corrected chi connectivity index (χ3v) is 4.72. The number of nitrogens with one attached hydrogen (secondary N) is 2. The molecule has 2 aromatic heterocycles. The number of rotatable bonds is 7. The number of hydrogen-bond acceptors (Lipinski definition) is 8. The number of aromatic nitrogens is 1. The van der Waals surface area contributed by atoms with Crippen LogP contribution in [0.4, 0.5) is 4.79 Å². The fourth-order valence-corrected chi connectivity index (χ4v) is 3.34. The Morgan fingerprint density at radius 3 is 2.69 bits per heavy atom. The van der Waals surface area contributed by atoms with Crippen LogP contribution in [0.3, 0.4) is 0 Å². The topological polar surface area (TPSA) is 142 Å². The van der Waals surface area contributed by atoms with Crippen molar-refractivity contribution in [2.24, 2.45) is 0 Å². The van der Waals surface area contributed by atoms with E-state index in [1.54, 1.807) is 43.3 Å². The van der Waals surface area contributed by atoms with Gasteiger partial charge in [-0.2, -0.15) is 0 Å². The number of nitrogens with zero attached hydrogens (tertiary/aromatic N) is 1. The molecule has 0 saturated carbocycles. The quantitative estimate of drug-likeness (QED) is 0.527. The lowest BCUT2D eigenvalue weighted by molar-refractivity contribution is -0.144. The molecule has 4 rings (SSSR count). The molecule has 1 atom stereocenters. The Balaban J connectivity index is 1.57. The molecule has 0 bridgehead atoms. The highest BCUT2D eigenvalue weighted by Crippen LogP contribution is 2.28. The van der Waals surface area contributed by atoms with E-state index in [2.05, 4.69) is 10.6 Å². The molecule has 1 aromatic carbocycles. The summed E-state index contributed by atoms with van der Waals surface area (Å²) in [5.41, 5.74) is 0.866. The summed E-state index contributed by atoms with van der Waals surface area (Å²) >= 11 is 0. The third kappa shape index (κ3) is 4.13. The van der Waals surface area contributed by atoms with Crippen molar-refractivity contribution in [2.75, 3.05) is 13.2 Å². The molecular formula is C21H19N3O8. The van der Waals surface area contributed by atoms with E-state index < -0.39 is 42.9 Å². The van der Waals surface area contributed by atoms with Crippen molar-refractivity contribution >= 4 is 29.1 Å². The van der Waals surface area contributed by atoms with Crippen LogP contribution in [0.25, 0.3) is 11.1 Å². The molecule has 0 radical (unpaired) electrons. The maximum Gasteiger partial charge on any atom is 0.420 e. The molecular weight excluding hydrogens is 422 g/mol. The number of urea groups is 1. The number of fused-ring (bicyclic) bond motifs is 1. The van der Waals surface area contributed by atoms with Gasteiger partial charge in [0, 0.05) is 0 Å². The van der Waals surface area contributed by atoms with Crippen LogP contribution >= 0.6 is 0 Å². The largest absolute Gasteiger partial charge is 0.467 e. The molecule has 0 fully saturated rings. The van der Waals surface area contributed by atoms with Gasteiger partial charge in [-0.05, 0) is 31.2 Å². The lowest BCUT2D eigenvalue weighted by Gasteiger charge is -2.27. The van der Waals surface area contributed by atoms with Crippen molar-refractivity contribution in [3.05, 3.63) is 70.2 Å². The molecule has 11 nitrogen and oxygen atoms in total. The van der Waals surface area contributed by atoms with Crippen LogP contribution in [0, 0.1) is 0 Å². The molecule has 3 heterocycles. The van der Waals surface area contributed by atoms with Gasteiger partial charge in [0.25, 0.3) is 0 Å². The van der Waals surface area contributed by atoms with Crippen LogP contribution in [0.1, 0.15) is 18.7 Å². The zero-order chi connectivity index (χ0) is 22.7. The predicted octanol–water partition coefficient (Wildman–Crippen LogP) is 1.60. The molecule has 2 N–H and O–H groups in total. The highest BCUT2D eigenvalue weighted by molar-refractivity contribution is 5.95. The van der Waals surface area contributed by atoms with Crippen molar-refractivity contribution < 1.29 is 32.7 Å². The minimum atomic E-state index is -0.924. The smallest absolute Gasteiger partial charge is 0.420 e. The zero-order valence-electron chi connectivity index (χ0n) is 17.0. The summed E-state index contributed by atoms with van der Waals surface area (Å²) in [4.78, 5) is 49.2. The second-order valence-corrected chi connectivity index (χ2v) is 6.74. The number of ether oxygens (including phenoxy) is 2. The van der Waals surface area contributed by atoms with Crippen molar-refractivity contribution in [1.29, 1.82) is 0 Å². The molecule has 166 valence electrons. The van der Waals surface area contributed by atoms with Crippen LogP contribution in [0.15, 0.2) is 67.6 Å². The Morgan fingerprint density at radius 1 is 1.12 bits per heavy atom. The first-order chi connectivity index (χ1) is 15.5. The van der Waals surface area contributed by atoms with Crippen molar-refractivity contribution in [2.45, 2.75) is 19.5 Å². The number of benzene rings is 1. The summed E-state index contributed by atoms with van der Waals surface area (Å²) < 4.78 is 21.9. The lowest BCUT2D eigenvalue weighted by Crippen LogP contribution is -2.47. The summed E-state index contributed by atoms with van der Waals surface area (Å²) in [6.45, 7) is 0.903. The molecule has 11 heteroatoms. The van der Waals surface area contributed by atoms with Crippen molar-refractivity contribution in [3.63, 3.8) is 0 Å². The zero-order valence-corrected chi connectivity index (χ0v) is 17.0. The van der Waals surface area contributed by atoms with Crippen LogP contribution < -0.4 is 16.4 Å². The summed E-state index contributed by atoms with van der Waals surface area (Å²) in [6.07, 6.45) is 1.40. The Labute approximate surface area is 180 Å². The van der Waals surface area contributed by atoms with E-state index in [4.69, 9.17) is 18.3 Å². The van der Waals surface area contributed by atoms with E-state index in [-0.39, 0.29) is 17.9 Å². The van der Waals surface area contributed by atoms with Crippen LogP contribution in [0.5, 0.6) is 0 Å². The van der Waals surface area contributed by atoms with Crippen molar-refractivity contribution in [3.8, 4) is 0 Å². The van der Waals surface area contributed by atoms with E-state index in [9.17, 15) is 19.2 Å². The highest BCUT2D eigenvalue weighted by atomic mass is 16.5. The SMILES string of the molecule is CCOC(=O)C1=C(COC(=O)Cn2c(=O)oc3ccccc32)NC(=O)NC1c1ccco1. The van der Waals surface area contributed by atoms with Gasteiger partial charge >= 0.3 is 23.7 Å². The summed E-state index contributed by atoms with van der Waals surface area (Å²) in [5.74, 6) is -1.87. The van der Waals surface area contributed by atoms with Gasteiger partial charge in [-0.25, -0.2) is 14.4 Å². The summed E-state index contributed by atoms with van der Waals surface area (Å²) in [7, 11) is 0. The molecule has 1 unspecified atom stereocenters. The molecule has 1 aliphatic rings. The standard InChI is InChI=1S/C21H19N3O8/c1-2-29-19(26)17-12(22-20(27)23-18(17)15-8-5-9-30-15)11-31-16(25)10-24-13-6-3-4-7-14(13)32-21(24)28/h3-9,18H,2,10-11H2,1H3,(H2,22,23,27). The molecule has 0 aliphatic carbocycles. The molecule has 0 spiro atoms. The second kappa shape index (κ2) is 8.84. The van der Waals surface area contributed by atoms with E-state index in [1.807, 2.05) is 0 Å². The molecule has 32 heavy (non-hydrogen) atoms. The van der Waals surface area contributed by atoms with Gasteiger partial charge in [-0.3, -0.25) is 9.36 Å². The van der Waals surface area contributed by atoms with E-state index in [0.717, 1.165) is 4.57 Å². The molecule has 1 aliphatic heterocycles. The average Bonchev–Trinajstić information content (AvgIpc) is 3.40. The van der Waals surface area contributed by atoms with Gasteiger partial charge in [-0.1, -0.05) is 12.1 Å². The minimum Gasteiger partial charge on any atom is -0.467 e. The fraction of sp³-hybridized carbons (Fsp3) is 0.238. The van der Waals surface area contributed by atoms with Crippen LogP contribution in [-0.4, -0.2) is 35.8 Å². The number of furan rings is 1. The maximum atomic E-state index is 12.6. The molecule has 0 saturated heterocycles. The normalized spacial score (nSPS) is 15.9. The summed E-state index contributed by atoms with van der Waals surface area (Å²) in [5, 5.41) is 5.06. The summed E-state index contributed by atoms with van der Waals surface area (Å²) in [6, 6.07) is 8.31. The van der Waals surface area contributed by atoms with Gasteiger partial charge in [0.15, 0.2) is 5.58 Å². The Kier molecular flexibility index (Phi) is 5.79.